The van der Waals surface area contributed by atoms with E-state index in [1.165, 1.54) is 0 Å². The first-order valence-electron chi connectivity index (χ1n) is 13.3. The fourth-order valence-electron chi connectivity index (χ4n) is 5.30. The molecule has 6 rings (SSSR count). The Bertz CT molecular complexity index is 1490. The van der Waals surface area contributed by atoms with Crippen molar-refractivity contribution in [2.24, 2.45) is 0 Å². The molecule has 0 N–H and O–H groups in total. The van der Waals surface area contributed by atoms with E-state index in [0.717, 1.165) is 48.9 Å². The molecule has 6 aromatic carbocycles. The van der Waals surface area contributed by atoms with Gasteiger partial charge in [-0.15, -0.1) is 0 Å². The van der Waals surface area contributed by atoms with E-state index in [1.54, 1.807) is 0 Å². The second-order valence-corrected chi connectivity index (χ2v) is 14.0. The van der Waals surface area contributed by atoms with Gasteiger partial charge in [-0.1, -0.05) is 0 Å². The minimum absolute atomic E-state index is 1.07. The minimum atomic E-state index is -3.07. The Labute approximate surface area is 243 Å². The first kappa shape index (κ1) is 26.1. The van der Waals surface area contributed by atoms with Crippen molar-refractivity contribution in [2.45, 2.75) is 0 Å². The van der Waals surface area contributed by atoms with Crippen LogP contribution in [-0.4, -0.2) is 8.32 Å². The van der Waals surface area contributed by atoms with E-state index in [9.17, 15) is 3.67 Å². The summed E-state index contributed by atoms with van der Waals surface area (Å²) in [7, 11) is -3.07. The van der Waals surface area contributed by atoms with E-state index < -0.39 is 24.9 Å². The van der Waals surface area contributed by atoms with E-state index in [-0.39, 0.29) is 0 Å². The van der Waals surface area contributed by atoms with Crippen molar-refractivity contribution in [3.05, 3.63) is 164 Å². The number of benzene rings is 6. The van der Waals surface area contributed by atoms with Crippen molar-refractivity contribution in [3.63, 3.8) is 0 Å². The summed E-state index contributed by atoms with van der Waals surface area (Å²) in [5, 5.41) is 3.20. The van der Waals surface area contributed by atoms with Gasteiger partial charge in [-0.25, -0.2) is 0 Å². The molecule has 0 fully saturated rings. The summed E-state index contributed by atoms with van der Waals surface area (Å²) in [5.41, 5.74) is 6.91. The Morgan fingerprint density at radius 2 is 0.600 bits per heavy atom. The van der Waals surface area contributed by atoms with Gasteiger partial charge < -0.3 is 0 Å². The Morgan fingerprint density at radius 1 is 0.350 bits per heavy atom. The van der Waals surface area contributed by atoms with Gasteiger partial charge in [0.1, 0.15) is 0 Å². The first-order valence-corrected chi connectivity index (χ1v) is 16.3. The van der Waals surface area contributed by atoms with Crippen molar-refractivity contribution in [2.75, 3.05) is 0 Å². The van der Waals surface area contributed by atoms with Gasteiger partial charge in [0.05, 0.1) is 0 Å². The zero-order chi connectivity index (χ0) is 27.2. The van der Waals surface area contributed by atoms with Crippen molar-refractivity contribution >= 4 is 23.9 Å². The molecule has 40 heavy (non-hydrogen) atoms. The van der Waals surface area contributed by atoms with Crippen LogP contribution in [-0.2, 0) is 23.6 Å². The van der Waals surface area contributed by atoms with Crippen LogP contribution in [0.5, 0.6) is 0 Å². The summed E-state index contributed by atoms with van der Waals surface area (Å²) in [4.78, 5) is 0. The van der Waals surface area contributed by atoms with Crippen LogP contribution in [0, 0.1) is 0 Å². The van der Waals surface area contributed by atoms with Crippen LogP contribution in [0.2, 0.25) is 0 Å². The quantitative estimate of drug-likeness (QED) is 0.145. The molecule has 0 heterocycles. The maximum atomic E-state index is 12.4. The summed E-state index contributed by atoms with van der Waals surface area (Å²) in [6.07, 6.45) is 0. The first-order chi connectivity index (χ1) is 19.8. The molecular formula is C36H27O2SiV. The molecule has 0 saturated heterocycles. The third-order valence-electron chi connectivity index (χ3n) is 7.37. The van der Waals surface area contributed by atoms with Gasteiger partial charge in [0.15, 0.2) is 0 Å². The Balaban J connectivity index is 1.49. The van der Waals surface area contributed by atoms with E-state index in [2.05, 4.69) is 146 Å². The predicted octanol–water partition coefficient (Wildman–Crippen LogP) is 7.01. The molecule has 0 amide bonds. The van der Waals surface area contributed by atoms with Crippen LogP contribution in [0.1, 0.15) is 0 Å². The van der Waals surface area contributed by atoms with Crippen LogP contribution in [0.4, 0.5) is 0 Å². The molecule has 0 bridgehead atoms. The molecule has 0 aliphatic carbocycles. The molecule has 0 aromatic heterocycles. The van der Waals surface area contributed by atoms with Crippen LogP contribution in [0.25, 0.3) is 33.4 Å². The van der Waals surface area contributed by atoms with Gasteiger partial charge >= 0.3 is 245 Å². The zero-order valence-electron chi connectivity index (χ0n) is 21.9. The molecule has 0 spiro atoms. The molecule has 4 heteroatoms. The van der Waals surface area contributed by atoms with E-state index in [4.69, 9.17) is 3.35 Å². The molecule has 6 aromatic rings. The third-order valence-corrected chi connectivity index (χ3v) is 12.8. The molecule has 0 aliphatic rings. The number of hydrogen-bond acceptors (Lipinski definition) is 2. The molecule has 2 nitrogen and oxygen atoms in total. The molecule has 0 radical (unpaired) electrons. The summed E-state index contributed by atoms with van der Waals surface area (Å²) >= 11 is -1.54. The molecule has 0 saturated carbocycles. The number of rotatable bonds is 8. The summed E-state index contributed by atoms with van der Waals surface area (Å²) in [5.74, 6) is 0. The zero-order valence-corrected chi connectivity index (χ0v) is 24.2. The van der Waals surface area contributed by atoms with Crippen LogP contribution < -0.4 is 15.6 Å². The van der Waals surface area contributed by atoms with Crippen LogP contribution >= 0.6 is 0 Å². The van der Waals surface area contributed by atoms with Gasteiger partial charge in [0, 0.05) is 0 Å². The molecule has 0 atom stereocenters. The summed E-state index contributed by atoms with van der Waals surface area (Å²) < 4.78 is 18.9. The maximum absolute atomic E-state index is 12.4. The molecule has 0 aliphatic heterocycles. The fourth-order valence-corrected chi connectivity index (χ4v) is 10.6. The van der Waals surface area contributed by atoms with Crippen molar-refractivity contribution in [1.29, 1.82) is 0 Å². The van der Waals surface area contributed by atoms with Crippen molar-refractivity contribution in [1.82, 2.24) is 0 Å². The van der Waals surface area contributed by atoms with Crippen LogP contribution in [0.15, 0.2) is 164 Å². The average molecular weight is 571 g/mol. The predicted molar refractivity (Wildman–Crippen MR) is 162 cm³/mol. The Hall–Kier alpha value is -4.12. The molecule has 192 valence electrons. The third kappa shape index (κ3) is 5.21. The number of hydrogen-bond donors (Lipinski definition) is 0. The van der Waals surface area contributed by atoms with E-state index in [1.807, 2.05) is 18.2 Å². The van der Waals surface area contributed by atoms with Gasteiger partial charge in [-0.3, -0.25) is 0 Å². The second kappa shape index (κ2) is 12.0. The van der Waals surface area contributed by atoms with Gasteiger partial charge in [-0.2, -0.15) is 0 Å². The normalized spacial score (nSPS) is 11.2. The summed E-state index contributed by atoms with van der Waals surface area (Å²) in [6, 6.07) is 56.9. The molecular weight excluding hydrogens is 543 g/mol. The van der Waals surface area contributed by atoms with Crippen molar-refractivity contribution in [3.8, 4) is 33.4 Å². The SMILES string of the molecule is [O]=[V][O][Si](c1ccc(-c2ccccc2)cc1)(c1ccc(-c2ccccc2)cc1)c1ccc(-c2ccccc2)cc1. The Kier molecular flexibility index (Phi) is 7.81. The topological polar surface area (TPSA) is 26.3 Å². The van der Waals surface area contributed by atoms with E-state index >= 15 is 0 Å². The monoisotopic (exact) mass is 570 g/mol. The van der Waals surface area contributed by atoms with Crippen LogP contribution in [0.3, 0.4) is 0 Å². The van der Waals surface area contributed by atoms with E-state index in [0.29, 0.717) is 0 Å². The summed E-state index contributed by atoms with van der Waals surface area (Å²) in [6.45, 7) is 0. The van der Waals surface area contributed by atoms with Gasteiger partial charge in [0.25, 0.3) is 0 Å². The fraction of sp³-hybridized carbons (Fsp3) is 0. The average Bonchev–Trinajstić information content (AvgIpc) is 3.05. The standard InChI is InChI=1S/C36H27OSi.O.V/c37-38(34-22-16-31(17-23-34)28-10-4-1-5-11-28,35-24-18-32(19-25-35)29-12-6-2-7-13-29)36-26-20-33(21-27-36)30-14-8-3-9-15-30;;/h1-27H;;/q-1;;+1. The van der Waals surface area contributed by atoms with Crippen molar-refractivity contribution < 1.29 is 23.6 Å². The van der Waals surface area contributed by atoms with Gasteiger partial charge in [0.2, 0.25) is 0 Å². The Morgan fingerprint density at radius 3 is 0.850 bits per heavy atom. The van der Waals surface area contributed by atoms with Gasteiger partial charge in [-0.05, 0) is 0 Å². The molecule has 0 unspecified atom stereocenters. The second-order valence-electron chi connectivity index (χ2n) is 9.68.